The van der Waals surface area contributed by atoms with Gasteiger partial charge in [-0.05, 0) is 62.7 Å². The summed E-state index contributed by atoms with van der Waals surface area (Å²) in [4.78, 5) is 7.00. The highest BCUT2D eigenvalue weighted by molar-refractivity contribution is 5.79. The van der Waals surface area contributed by atoms with Crippen molar-refractivity contribution in [2.24, 2.45) is 4.99 Å². The molecular weight excluding hydrogens is 378 g/mol. The molecule has 0 bridgehead atoms. The first-order chi connectivity index (χ1) is 14.2. The fourth-order valence-electron chi connectivity index (χ4n) is 3.47. The Hall–Kier alpha value is -2.61. The molecule has 1 aromatic heterocycles. The van der Waals surface area contributed by atoms with Gasteiger partial charge in [0, 0.05) is 13.1 Å². The fraction of sp³-hybridized carbons (Fsp3) is 0.476. The highest BCUT2D eigenvalue weighted by Crippen LogP contribution is 2.24. The van der Waals surface area contributed by atoms with Gasteiger partial charge in [-0.2, -0.15) is 8.78 Å². The maximum absolute atomic E-state index is 12.4. The highest BCUT2D eigenvalue weighted by atomic mass is 19.3. The number of furan rings is 1. The molecule has 0 amide bonds. The Bertz CT molecular complexity index is 762. The maximum Gasteiger partial charge on any atom is 0.387 e. The molecule has 2 N–H and O–H groups in total. The van der Waals surface area contributed by atoms with Crippen LogP contribution < -0.4 is 15.4 Å². The van der Waals surface area contributed by atoms with Gasteiger partial charge in [0.05, 0.1) is 18.8 Å². The van der Waals surface area contributed by atoms with Crippen molar-refractivity contribution in [2.45, 2.75) is 39.0 Å². The van der Waals surface area contributed by atoms with Crippen LogP contribution in [0.25, 0.3) is 0 Å². The van der Waals surface area contributed by atoms with Crippen LogP contribution >= 0.6 is 0 Å². The van der Waals surface area contributed by atoms with Gasteiger partial charge in [-0.25, -0.2) is 4.99 Å². The highest BCUT2D eigenvalue weighted by Gasteiger charge is 2.25. The van der Waals surface area contributed by atoms with E-state index in [1.807, 2.05) is 25.1 Å². The predicted molar refractivity (Wildman–Crippen MR) is 108 cm³/mol. The van der Waals surface area contributed by atoms with Gasteiger partial charge in [-0.15, -0.1) is 0 Å². The average molecular weight is 406 g/mol. The van der Waals surface area contributed by atoms with Crippen molar-refractivity contribution >= 4 is 5.96 Å². The summed E-state index contributed by atoms with van der Waals surface area (Å²) in [5.41, 5.74) is 0.794. The Kier molecular flexibility index (Phi) is 7.86. The van der Waals surface area contributed by atoms with Gasteiger partial charge < -0.3 is 19.8 Å². The summed E-state index contributed by atoms with van der Waals surface area (Å²) >= 11 is 0. The van der Waals surface area contributed by atoms with Gasteiger partial charge in [0.1, 0.15) is 11.5 Å². The van der Waals surface area contributed by atoms with Crippen LogP contribution in [-0.2, 0) is 6.54 Å². The van der Waals surface area contributed by atoms with Crippen LogP contribution in [0.15, 0.2) is 52.1 Å². The summed E-state index contributed by atoms with van der Waals surface area (Å²) in [5.74, 6) is 1.74. The zero-order valence-corrected chi connectivity index (χ0v) is 16.6. The van der Waals surface area contributed by atoms with Crippen LogP contribution in [0.5, 0.6) is 5.75 Å². The molecule has 0 radical (unpaired) electrons. The third kappa shape index (κ3) is 6.45. The van der Waals surface area contributed by atoms with Gasteiger partial charge in [0.2, 0.25) is 0 Å². The molecule has 2 aromatic rings. The summed E-state index contributed by atoms with van der Waals surface area (Å²) < 4.78 is 34.9. The molecule has 0 spiro atoms. The topological polar surface area (TPSA) is 62.0 Å². The van der Waals surface area contributed by atoms with Gasteiger partial charge in [0.15, 0.2) is 5.96 Å². The van der Waals surface area contributed by atoms with Gasteiger partial charge in [-0.3, -0.25) is 4.90 Å². The van der Waals surface area contributed by atoms with Crippen LogP contribution in [0.4, 0.5) is 8.78 Å². The van der Waals surface area contributed by atoms with Crippen LogP contribution in [0.2, 0.25) is 0 Å². The van der Waals surface area contributed by atoms with Crippen molar-refractivity contribution in [3.05, 3.63) is 54.0 Å². The Labute approximate surface area is 169 Å². The van der Waals surface area contributed by atoms with E-state index in [4.69, 9.17) is 4.42 Å². The van der Waals surface area contributed by atoms with Crippen molar-refractivity contribution in [3.63, 3.8) is 0 Å². The second-order valence-corrected chi connectivity index (χ2v) is 6.88. The SMILES string of the molecule is CCNC(=NCc1cccc(OC(F)F)c1)NCC(c1ccco1)N1CCCC1. The summed E-state index contributed by atoms with van der Waals surface area (Å²) in [6, 6.07) is 10.7. The van der Waals surface area contributed by atoms with Crippen molar-refractivity contribution in [3.8, 4) is 5.75 Å². The first-order valence-corrected chi connectivity index (χ1v) is 9.99. The number of guanidine groups is 1. The van der Waals surface area contributed by atoms with Crippen molar-refractivity contribution in [1.29, 1.82) is 0 Å². The van der Waals surface area contributed by atoms with Crippen LogP contribution in [0, 0.1) is 0 Å². The Balaban J connectivity index is 1.64. The second kappa shape index (κ2) is 10.8. The predicted octanol–water partition coefficient (Wildman–Crippen LogP) is 3.77. The maximum atomic E-state index is 12.4. The van der Waals surface area contributed by atoms with E-state index in [0.29, 0.717) is 19.0 Å². The molecule has 1 aliphatic heterocycles. The molecule has 2 heterocycles. The third-order valence-electron chi connectivity index (χ3n) is 4.80. The van der Waals surface area contributed by atoms with Gasteiger partial charge in [0.25, 0.3) is 0 Å². The molecule has 3 rings (SSSR count). The smallest absolute Gasteiger partial charge is 0.387 e. The molecule has 29 heavy (non-hydrogen) atoms. The molecule has 158 valence electrons. The molecule has 0 saturated carbocycles. The lowest BCUT2D eigenvalue weighted by Crippen LogP contribution is -2.42. The number of halogens is 2. The van der Waals surface area contributed by atoms with Gasteiger partial charge >= 0.3 is 6.61 Å². The first-order valence-electron chi connectivity index (χ1n) is 9.99. The molecule has 1 saturated heterocycles. The van der Waals surface area contributed by atoms with E-state index in [9.17, 15) is 8.78 Å². The summed E-state index contributed by atoms with van der Waals surface area (Å²) in [7, 11) is 0. The molecule has 1 atom stereocenters. The number of benzene rings is 1. The number of likely N-dealkylation sites (tertiary alicyclic amines) is 1. The van der Waals surface area contributed by atoms with E-state index in [1.165, 1.54) is 18.9 Å². The first kappa shape index (κ1) is 21.1. The number of hydrogen-bond donors (Lipinski definition) is 2. The zero-order valence-electron chi connectivity index (χ0n) is 16.6. The molecule has 8 heteroatoms. The third-order valence-corrected chi connectivity index (χ3v) is 4.80. The van der Waals surface area contributed by atoms with Crippen molar-refractivity contribution in [2.75, 3.05) is 26.2 Å². The van der Waals surface area contributed by atoms with E-state index < -0.39 is 6.61 Å². The number of ether oxygens (including phenoxy) is 1. The molecule has 1 fully saturated rings. The van der Waals surface area contributed by atoms with E-state index in [-0.39, 0.29) is 11.8 Å². The monoisotopic (exact) mass is 406 g/mol. The molecule has 6 nitrogen and oxygen atoms in total. The van der Waals surface area contributed by atoms with E-state index >= 15 is 0 Å². The minimum Gasteiger partial charge on any atom is -0.468 e. The van der Waals surface area contributed by atoms with Crippen LogP contribution in [0.3, 0.4) is 0 Å². The van der Waals surface area contributed by atoms with Crippen LogP contribution in [0.1, 0.15) is 37.1 Å². The lowest BCUT2D eigenvalue weighted by atomic mass is 10.2. The standard InChI is InChI=1S/C21H28F2N4O2/c1-2-24-21(25-14-16-7-5-8-17(13-16)29-20(22)23)26-15-18(19-9-6-12-28-19)27-10-3-4-11-27/h5-9,12-13,18,20H,2-4,10-11,14-15H2,1H3,(H2,24,25,26). The molecule has 1 aliphatic rings. The van der Waals surface area contributed by atoms with Crippen molar-refractivity contribution in [1.82, 2.24) is 15.5 Å². The second-order valence-electron chi connectivity index (χ2n) is 6.88. The van der Waals surface area contributed by atoms with Crippen molar-refractivity contribution < 1.29 is 17.9 Å². The molecular formula is C21H28F2N4O2. The summed E-state index contributed by atoms with van der Waals surface area (Å²) in [6.07, 6.45) is 4.09. The zero-order chi connectivity index (χ0) is 20.5. The number of nitrogens with one attached hydrogen (secondary N) is 2. The number of alkyl halides is 2. The normalized spacial score (nSPS) is 16.2. The number of nitrogens with zero attached hydrogens (tertiary/aromatic N) is 2. The Morgan fingerprint density at radius 2 is 2.03 bits per heavy atom. The minimum atomic E-state index is -2.84. The van der Waals surface area contributed by atoms with Gasteiger partial charge in [-0.1, -0.05) is 12.1 Å². The number of hydrogen-bond acceptors (Lipinski definition) is 4. The number of aliphatic imine (C=N–C) groups is 1. The lowest BCUT2D eigenvalue weighted by molar-refractivity contribution is -0.0498. The minimum absolute atomic E-state index is 0.137. The van der Waals surface area contributed by atoms with E-state index in [0.717, 1.165) is 31.0 Å². The largest absolute Gasteiger partial charge is 0.468 e. The van der Waals surface area contributed by atoms with E-state index in [2.05, 4.69) is 25.3 Å². The molecule has 1 unspecified atom stereocenters. The Morgan fingerprint density at radius 1 is 1.21 bits per heavy atom. The molecule has 0 aliphatic carbocycles. The average Bonchev–Trinajstić information content (AvgIpc) is 3.41. The summed E-state index contributed by atoms with van der Waals surface area (Å²) in [5, 5.41) is 6.62. The summed E-state index contributed by atoms with van der Waals surface area (Å²) in [6.45, 7) is 3.00. The number of rotatable bonds is 9. The van der Waals surface area contributed by atoms with E-state index in [1.54, 1.807) is 18.4 Å². The Morgan fingerprint density at radius 3 is 2.72 bits per heavy atom. The fourth-order valence-corrected chi connectivity index (χ4v) is 3.47. The lowest BCUT2D eigenvalue weighted by Gasteiger charge is -2.26. The molecule has 1 aromatic carbocycles. The quantitative estimate of drug-likeness (QED) is 0.490. The van der Waals surface area contributed by atoms with Crippen LogP contribution in [-0.4, -0.2) is 43.6 Å².